The average molecular weight is 459 g/mol. The molecule has 0 bridgehead atoms. The Kier molecular flexibility index (Phi) is 28.4. The van der Waals surface area contributed by atoms with E-state index in [1.807, 2.05) is 0 Å². The molecule has 2 nitrogen and oxygen atoms in total. The first-order valence-corrected chi connectivity index (χ1v) is 16.0. The quantitative estimate of drug-likeness (QED) is 0.0903. The van der Waals surface area contributed by atoms with Crippen LogP contribution in [0.1, 0.15) is 168 Å². The fourth-order valence-electron chi connectivity index (χ4n) is 4.31. The first kappa shape index (κ1) is 31.2. The van der Waals surface area contributed by atoms with Crippen molar-refractivity contribution in [2.75, 3.05) is 12.8 Å². The Balaban J connectivity index is 3.14. The second-order valence-corrected chi connectivity index (χ2v) is 11.3. The minimum atomic E-state index is -1.77. The molecule has 1 atom stereocenters. The molecule has 0 aliphatic rings. The summed E-state index contributed by atoms with van der Waals surface area (Å²) < 4.78 is 17.6. The summed E-state index contributed by atoms with van der Waals surface area (Å²) >= 11 is 0. The summed E-state index contributed by atoms with van der Waals surface area (Å²) in [4.78, 5) is 0. The van der Waals surface area contributed by atoms with E-state index >= 15 is 0 Å². The fourth-order valence-corrected chi connectivity index (χ4v) is 5.37. The summed E-state index contributed by atoms with van der Waals surface area (Å²) in [5, 5.41) is 0. The van der Waals surface area contributed by atoms with Crippen LogP contribution in [0.2, 0.25) is 0 Å². The average Bonchev–Trinajstić information content (AvgIpc) is 2.77. The summed E-state index contributed by atoms with van der Waals surface area (Å²) in [6, 6.07) is 0. The largest absolute Gasteiger partial charge is 0.330 e. The molecule has 0 radical (unpaired) electrons. The van der Waals surface area contributed by atoms with Crippen LogP contribution in [0.3, 0.4) is 0 Å². The summed E-state index contributed by atoms with van der Waals surface area (Å²) in [7, 11) is -1.77. The zero-order valence-corrected chi connectivity index (χ0v) is 22.7. The van der Waals surface area contributed by atoms with Gasteiger partial charge >= 0.3 is 0 Å². The van der Waals surface area contributed by atoms with Crippen molar-refractivity contribution in [3.05, 3.63) is 0 Å². The number of hydrogen-bond donors (Lipinski definition) is 0. The van der Waals surface area contributed by atoms with E-state index in [0.717, 1.165) is 19.0 Å². The summed E-state index contributed by atoms with van der Waals surface area (Å²) in [5.74, 6) is 0. The van der Waals surface area contributed by atoms with Gasteiger partial charge in [-0.1, -0.05) is 155 Å². The van der Waals surface area contributed by atoms with E-state index in [0.29, 0.717) is 6.61 Å². The highest BCUT2D eigenvalue weighted by molar-refractivity contribution is 7.39. The molecule has 0 rings (SSSR count). The van der Waals surface area contributed by atoms with Crippen LogP contribution in [0.15, 0.2) is 0 Å². The first-order chi connectivity index (χ1) is 15.3. The molecule has 0 saturated carbocycles. The molecule has 188 valence electrons. The third-order valence-electron chi connectivity index (χ3n) is 6.50. The minimum Gasteiger partial charge on any atom is -0.330 e. The molecule has 0 aliphatic heterocycles. The number of unbranched alkanes of at least 4 members (excludes halogenated alkanes) is 22. The number of hydrogen-bond acceptors (Lipinski definition) is 2. The van der Waals surface area contributed by atoms with Crippen molar-refractivity contribution in [3.8, 4) is 0 Å². The van der Waals surface area contributed by atoms with Crippen molar-refractivity contribution in [3.63, 3.8) is 0 Å². The molecule has 0 aromatic carbocycles. The minimum absolute atomic E-state index is 0.716. The second-order valence-electron chi connectivity index (χ2n) is 9.75. The molecular weight excluding hydrogens is 399 g/mol. The molecule has 0 aromatic heterocycles. The lowest BCUT2D eigenvalue weighted by Crippen LogP contribution is -1.90. The standard InChI is InChI=1S/C28H59O2P/c1-3-5-7-9-11-13-15-17-19-21-23-25-27-30-31(29)28-26-24-22-20-18-16-14-12-10-8-6-4-2/h31H,3-28H2,1-2H3. The fraction of sp³-hybridized carbons (Fsp3) is 1.00. The van der Waals surface area contributed by atoms with Crippen molar-refractivity contribution in [2.45, 2.75) is 168 Å². The van der Waals surface area contributed by atoms with E-state index in [4.69, 9.17) is 4.52 Å². The van der Waals surface area contributed by atoms with Crippen LogP contribution in [0.25, 0.3) is 0 Å². The molecular formula is C28H59O2P. The molecule has 3 heteroatoms. The lowest BCUT2D eigenvalue weighted by molar-refractivity contribution is 0.315. The summed E-state index contributed by atoms with van der Waals surface area (Å²) in [6.07, 6.45) is 33.3. The van der Waals surface area contributed by atoms with E-state index in [2.05, 4.69) is 13.8 Å². The Morgan fingerprint density at radius 3 is 1.06 bits per heavy atom. The highest BCUT2D eigenvalue weighted by Gasteiger charge is 2.01. The predicted octanol–water partition coefficient (Wildman–Crippen LogP) is 10.9. The van der Waals surface area contributed by atoms with E-state index in [1.165, 1.54) is 141 Å². The van der Waals surface area contributed by atoms with Gasteiger partial charge in [0.05, 0.1) is 6.61 Å². The molecule has 0 N–H and O–H groups in total. The molecule has 0 aliphatic carbocycles. The van der Waals surface area contributed by atoms with Gasteiger partial charge in [-0.15, -0.1) is 0 Å². The van der Waals surface area contributed by atoms with Gasteiger partial charge < -0.3 is 4.52 Å². The van der Waals surface area contributed by atoms with Gasteiger partial charge in [-0.25, -0.2) is 0 Å². The van der Waals surface area contributed by atoms with Gasteiger partial charge in [0.15, 0.2) is 8.03 Å². The molecule has 0 fully saturated rings. The maximum absolute atomic E-state index is 12.0. The van der Waals surface area contributed by atoms with Crippen LogP contribution in [0.5, 0.6) is 0 Å². The van der Waals surface area contributed by atoms with Crippen molar-refractivity contribution < 1.29 is 9.09 Å². The van der Waals surface area contributed by atoms with Crippen molar-refractivity contribution in [1.29, 1.82) is 0 Å². The van der Waals surface area contributed by atoms with Gasteiger partial charge in [-0.3, -0.25) is 4.57 Å². The second kappa shape index (κ2) is 28.2. The lowest BCUT2D eigenvalue weighted by atomic mass is 10.1. The van der Waals surface area contributed by atoms with Gasteiger partial charge in [-0.05, 0) is 12.8 Å². The Labute approximate surface area is 197 Å². The highest BCUT2D eigenvalue weighted by atomic mass is 31.1. The lowest BCUT2D eigenvalue weighted by Gasteiger charge is -2.06. The Morgan fingerprint density at radius 1 is 0.419 bits per heavy atom. The van der Waals surface area contributed by atoms with Crippen LogP contribution < -0.4 is 0 Å². The zero-order valence-electron chi connectivity index (χ0n) is 21.7. The van der Waals surface area contributed by atoms with Gasteiger partial charge in [0.2, 0.25) is 0 Å². The Morgan fingerprint density at radius 2 is 0.710 bits per heavy atom. The molecule has 1 unspecified atom stereocenters. The molecule has 0 amide bonds. The van der Waals surface area contributed by atoms with Crippen molar-refractivity contribution >= 4 is 8.03 Å². The van der Waals surface area contributed by atoms with Crippen molar-refractivity contribution in [1.82, 2.24) is 0 Å². The van der Waals surface area contributed by atoms with Gasteiger partial charge in [-0.2, -0.15) is 0 Å². The normalized spacial score (nSPS) is 12.5. The van der Waals surface area contributed by atoms with Crippen LogP contribution >= 0.6 is 8.03 Å². The van der Waals surface area contributed by atoms with E-state index in [1.54, 1.807) is 0 Å². The van der Waals surface area contributed by atoms with Gasteiger partial charge in [0.1, 0.15) is 0 Å². The van der Waals surface area contributed by atoms with Crippen LogP contribution in [-0.2, 0) is 9.09 Å². The monoisotopic (exact) mass is 458 g/mol. The number of rotatable bonds is 27. The van der Waals surface area contributed by atoms with Crippen LogP contribution in [0, 0.1) is 0 Å². The smallest absolute Gasteiger partial charge is 0.191 e. The molecule has 0 heterocycles. The third-order valence-corrected chi connectivity index (χ3v) is 7.78. The topological polar surface area (TPSA) is 26.3 Å². The molecule has 0 aromatic rings. The SMILES string of the molecule is CCCCCCCCCCCCCCO[PH](=O)CCCCCCCCCCCCCC. The molecule has 0 spiro atoms. The summed E-state index contributed by atoms with van der Waals surface area (Å²) in [5.41, 5.74) is 0. The van der Waals surface area contributed by atoms with Crippen LogP contribution in [0.4, 0.5) is 0 Å². The maximum atomic E-state index is 12.0. The summed E-state index contributed by atoms with van der Waals surface area (Å²) in [6.45, 7) is 5.28. The Bertz CT molecular complexity index is 346. The van der Waals surface area contributed by atoms with Crippen molar-refractivity contribution in [2.24, 2.45) is 0 Å². The van der Waals surface area contributed by atoms with E-state index < -0.39 is 8.03 Å². The highest BCUT2D eigenvalue weighted by Crippen LogP contribution is 2.25. The molecule has 0 saturated heterocycles. The first-order valence-electron chi connectivity index (χ1n) is 14.5. The zero-order chi connectivity index (χ0) is 22.7. The van der Waals surface area contributed by atoms with Gasteiger partial charge in [0, 0.05) is 6.16 Å². The molecule has 31 heavy (non-hydrogen) atoms. The van der Waals surface area contributed by atoms with E-state index in [-0.39, 0.29) is 0 Å². The predicted molar refractivity (Wildman–Crippen MR) is 142 cm³/mol. The van der Waals surface area contributed by atoms with Crippen LogP contribution in [-0.4, -0.2) is 12.8 Å². The third kappa shape index (κ3) is 28.2. The van der Waals surface area contributed by atoms with E-state index in [9.17, 15) is 4.57 Å². The Hall–Kier alpha value is 0.190. The maximum Gasteiger partial charge on any atom is 0.191 e. The van der Waals surface area contributed by atoms with Gasteiger partial charge in [0.25, 0.3) is 0 Å².